The van der Waals surface area contributed by atoms with Crippen LogP contribution >= 0.6 is 0 Å². The smallest absolute Gasteiger partial charge is 0.417 e. The highest BCUT2D eigenvalue weighted by Gasteiger charge is 2.81. The Morgan fingerprint density at radius 1 is 1.16 bits per heavy atom. The van der Waals surface area contributed by atoms with Crippen LogP contribution in [-0.2, 0) is 30.0 Å². The molecule has 3 saturated carbocycles. The third-order valence-electron chi connectivity index (χ3n) is 10.0. The zero-order chi connectivity index (χ0) is 27.4. The Morgan fingerprint density at radius 2 is 1.87 bits per heavy atom. The molecule has 2 saturated heterocycles. The lowest BCUT2D eigenvalue weighted by atomic mass is 9.43. The van der Waals surface area contributed by atoms with Crippen molar-refractivity contribution in [3.8, 4) is 0 Å². The predicted molar refractivity (Wildman–Crippen MR) is 124 cm³/mol. The van der Waals surface area contributed by atoms with Crippen molar-refractivity contribution in [1.29, 1.82) is 0 Å². The monoisotopic (exact) mass is 534 g/mol. The highest BCUT2D eigenvalue weighted by molar-refractivity contribution is 6.16. The van der Waals surface area contributed by atoms with Crippen molar-refractivity contribution in [3.63, 3.8) is 0 Å². The maximum Gasteiger partial charge on any atom is 0.417 e. The number of esters is 2. The van der Waals surface area contributed by atoms with Gasteiger partial charge in [0.25, 0.3) is 0 Å². The standard InChI is InChI=1S/C28H29F3O7/c1-13-14-8-9-17-26-12-36-23(34)19(26)25(2,3)11-10-18(26)37-24(35)27(17,20(13)32)21(14)38-22(33)15-6-4-5-7-16(15)28(29,30)31/h4-7,14,17-19,21,23,34H,1,8-12H2,2-3H3/t14-,17+,18+,19-,21-,23-,26?,27?/m1/s1. The maximum absolute atomic E-state index is 13.9. The van der Waals surface area contributed by atoms with Crippen molar-refractivity contribution in [2.45, 2.75) is 64.2 Å². The predicted octanol–water partition coefficient (Wildman–Crippen LogP) is 4.08. The molecule has 1 aromatic rings. The molecule has 10 heteroatoms. The van der Waals surface area contributed by atoms with Crippen LogP contribution in [0.25, 0.3) is 0 Å². The van der Waals surface area contributed by atoms with Gasteiger partial charge in [-0.2, -0.15) is 13.2 Å². The normalized spacial score (nSPS) is 41.2. The number of ether oxygens (including phenoxy) is 3. The van der Waals surface area contributed by atoms with Crippen molar-refractivity contribution < 1.29 is 46.9 Å². The van der Waals surface area contributed by atoms with Crippen molar-refractivity contribution >= 4 is 17.7 Å². The highest BCUT2D eigenvalue weighted by atomic mass is 19.4. The highest BCUT2D eigenvalue weighted by Crippen LogP contribution is 2.71. The topological polar surface area (TPSA) is 99.1 Å². The summed E-state index contributed by atoms with van der Waals surface area (Å²) in [6, 6.07) is 4.24. The molecule has 2 heterocycles. The summed E-state index contributed by atoms with van der Waals surface area (Å²) in [6.07, 6.45) is -6.01. The average molecular weight is 535 g/mol. The van der Waals surface area contributed by atoms with Crippen molar-refractivity contribution in [2.75, 3.05) is 6.61 Å². The largest absolute Gasteiger partial charge is 0.461 e. The first kappa shape index (κ1) is 25.6. The van der Waals surface area contributed by atoms with Crippen LogP contribution in [0.3, 0.4) is 0 Å². The molecule has 204 valence electrons. The number of Topliss-reactive ketones (excluding diaryl/α,β-unsaturated/α-hetero) is 1. The molecular formula is C28H29F3O7. The molecule has 2 unspecified atom stereocenters. The molecule has 38 heavy (non-hydrogen) atoms. The SMILES string of the molecule is C=C1C(=O)C23C(=O)O[C@H]4CCC(C)(C)[C@H]5[C@H](O)OCC45[C@@H]2CC[C@H]1[C@H]3OC(=O)c1ccccc1C(F)(F)F. The summed E-state index contributed by atoms with van der Waals surface area (Å²) in [5, 5.41) is 10.9. The van der Waals surface area contributed by atoms with Crippen LogP contribution in [-0.4, -0.2) is 47.9 Å². The van der Waals surface area contributed by atoms with E-state index in [1.807, 2.05) is 13.8 Å². The van der Waals surface area contributed by atoms with E-state index in [1.165, 1.54) is 6.07 Å². The number of aliphatic hydroxyl groups excluding tert-OH is 1. The number of aliphatic hydroxyl groups is 1. The molecule has 1 N–H and O–H groups in total. The van der Waals surface area contributed by atoms with Crippen LogP contribution in [0.1, 0.15) is 55.5 Å². The number of hydrogen-bond donors (Lipinski definition) is 1. The van der Waals surface area contributed by atoms with Gasteiger partial charge in [-0.25, -0.2) is 4.79 Å². The zero-order valence-corrected chi connectivity index (χ0v) is 21.0. The minimum atomic E-state index is -4.81. The summed E-state index contributed by atoms with van der Waals surface area (Å²) >= 11 is 0. The first-order valence-electron chi connectivity index (χ1n) is 12.9. The van der Waals surface area contributed by atoms with E-state index < -0.39 is 87.5 Å². The van der Waals surface area contributed by atoms with Crippen molar-refractivity contribution in [2.24, 2.45) is 34.0 Å². The second-order valence-corrected chi connectivity index (χ2v) is 12.0. The van der Waals surface area contributed by atoms with Crippen LogP contribution in [0, 0.1) is 34.0 Å². The van der Waals surface area contributed by atoms with Gasteiger partial charge in [-0.1, -0.05) is 32.6 Å². The molecule has 5 fully saturated rings. The Labute approximate surface area is 217 Å². The van der Waals surface area contributed by atoms with E-state index in [1.54, 1.807) is 0 Å². The summed E-state index contributed by atoms with van der Waals surface area (Å²) in [5.41, 5.74) is -5.06. The number of benzene rings is 1. The van der Waals surface area contributed by atoms with Crippen molar-refractivity contribution in [3.05, 3.63) is 47.5 Å². The fraction of sp³-hybridized carbons (Fsp3) is 0.607. The first-order chi connectivity index (χ1) is 17.8. The van der Waals surface area contributed by atoms with E-state index >= 15 is 0 Å². The number of hydrogen-bond acceptors (Lipinski definition) is 7. The second-order valence-electron chi connectivity index (χ2n) is 12.0. The number of rotatable bonds is 2. The van der Waals surface area contributed by atoms with Gasteiger partial charge in [0.15, 0.2) is 17.5 Å². The van der Waals surface area contributed by atoms with E-state index in [9.17, 15) is 32.7 Å². The molecule has 0 amide bonds. The Hall–Kier alpha value is -2.72. The molecule has 0 radical (unpaired) electrons. The lowest BCUT2D eigenvalue weighted by Gasteiger charge is -2.62. The summed E-state index contributed by atoms with van der Waals surface area (Å²) in [4.78, 5) is 41.1. The molecule has 5 aliphatic rings. The van der Waals surface area contributed by atoms with E-state index in [4.69, 9.17) is 14.2 Å². The number of fused-ring (bicyclic) bond motifs is 1. The second kappa shape index (κ2) is 7.91. The Balaban J connectivity index is 1.47. The molecule has 0 aromatic heterocycles. The number of carbonyl (C=O) groups excluding carboxylic acids is 3. The fourth-order valence-electron chi connectivity index (χ4n) is 8.58. The van der Waals surface area contributed by atoms with Gasteiger partial charge in [-0.05, 0) is 54.7 Å². The van der Waals surface area contributed by atoms with E-state index in [2.05, 4.69) is 6.58 Å². The van der Waals surface area contributed by atoms with Gasteiger partial charge in [-0.15, -0.1) is 0 Å². The first-order valence-corrected chi connectivity index (χ1v) is 12.9. The van der Waals surface area contributed by atoms with Crippen LogP contribution in [0.15, 0.2) is 36.4 Å². The molecule has 6 rings (SSSR count). The third kappa shape index (κ3) is 3.01. The summed E-state index contributed by atoms with van der Waals surface area (Å²) in [6.45, 7) is 7.96. The summed E-state index contributed by atoms with van der Waals surface area (Å²) in [5.74, 6) is -4.62. The molecule has 1 aromatic carbocycles. The van der Waals surface area contributed by atoms with Crippen molar-refractivity contribution in [1.82, 2.24) is 0 Å². The van der Waals surface area contributed by atoms with Crippen LogP contribution < -0.4 is 0 Å². The maximum atomic E-state index is 13.9. The van der Waals surface area contributed by atoms with Gasteiger partial charge in [0, 0.05) is 17.3 Å². The Bertz CT molecular complexity index is 1260. The summed E-state index contributed by atoms with van der Waals surface area (Å²) in [7, 11) is 0. The minimum Gasteiger partial charge on any atom is -0.461 e. The van der Waals surface area contributed by atoms with E-state index in [0.717, 1.165) is 18.2 Å². The minimum absolute atomic E-state index is 0.0502. The fourth-order valence-corrected chi connectivity index (χ4v) is 8.58. The number of halogens is 3. The van der Waals surface area contributed by atoms with E-state index in [0.29, 0.717) is 25.7 Å². The third-order valence-corrected chi connectivity index (χ3v) is 10.0. The van der Waals surface area contributed by atoms with Gasteiger partial charge in [0.1, 0.15) is 12.2 Å². The molecule has 2 aliphatic heterocycles. The Kier molecular flexibility index (Phi) is 5.32. The van der Waals surface area contributed by atoms with Crippen LogP contribution in [0.5, 0.6) is 0 Å². The van der Waals surface area contributed by atoms with Gasteiger partial charge < -0.3 is 19.3 Å². The Morgan fingerprint density at radius 3 is 2.58 bits per heavy atom. The van der Waals surface area contributed by atoms with Crippen LogP contribution in [0.4, 0.5) is 13.2 Å². The summed E-state index contributed by atoms with van der Waals surface area (Å²) < 4.78 is 58.5. The zero-order valence-electron chi connectivity index (χ0n) is 21.0. The van der Waals surface area contributed by atoms with Gasteiger partial charge in [-0.3, -0.25) is 9.59 Å². The lowest BCUT2D eigenvalue weighted by Crippen LogP contribution is -2.71. The lowest BCUT2D eigenvalue weighted by molar-refractivity contribution is -0.249. The average Bonchev–Trinajstić information content (AvgIpc) is 3.27. The quantitative estimate of drug-likeness (QED) is 0.347. The van der Waals surface area contributed by atoms with Gasteiger partial charge in [0.2, 0.25) is 0 Å². The number of ketones is 1. The molecule has 2 spiro atoms. The van der Waals surface area contributed by atoms with Gasteiger partial charge >= 0.3 is 18.1 Å². The van der Waals surface area contributed by atoms with Gasteiger partial charge in [0.05, 0.1) is 17.7 Å². The molecule has 7 nitrogen and oxygen atoms in total. The van der Waals surface area contributed by atoms with Crippen LogP contribution in [0.2, 0.25) is 0 Å². The molecule has 3 aliphatic carbocycles. The molecular weight excluding hydrogens is 505 g/mol. The van der Waals surface area contributed by atoms with E-state index in [-0.39, 0.29) is 12.2 Å². The molecule has 2 bridgehead atoms. The molecule has 8 atom stereocenters. The number of carbonyl (C=O) groups is 3. The number of alkyl halides is 3.